The molecule has 0 aliphatic carbocycles. The Hall–Kier alpha value is -1.97. The van der Waals surface area contributed by atoms with Gasteiger partial charge in [-0.25, -0.2) is 4.68 Å². The lowest BCUT2D eigenvalue weighted by Gasteiger charge is -2.07. The van der Waals surface area contributed by atoms with E-state index in [-0.39, 0.29) is 0 Å². The molecule has 0 aliphatic rings. The van der Waals surface area contributed by atoms with E-state index in [0.29, 0.717) is 12.5 Å². The van der Waals surface area contributed by atoms with Gasteiger partial charge in [0, 0.05) is 0 Å². The van der Waals surface area contributed by atoms with E-state index in [1.165, 1.54) is 11.1 Å². The Morgan fingerprint density at radius 2 is 2.12 bits per heavy atom. The van der Waals surface area contributed by atoms with Crippen LogP contribution in [-0.4, -0.2) is 20.2 Å². The highest BCUT2D eigenvalue weighted by Crippen LogP contribution is 2.16. The van der Waals surface area contributed by atoms with Crippen LogP contribution in [0, 0.1) is 0 Å². The Morgan fingerprint density at radius 1 is 1.38 bits per heavy atom. The van der Waals surface area contributed by atoms with E-state index in [4.69, 9.17) is 0 Å². The molecule has 2 aromatic rings. The zero-order valence-corrected chi connectivity index (χ0v) is 9.24. The van der Waals surface area contributed by atoms with Crippen LogP contribution >= 0.6 is 0 Å². The molecule has 82 valence electrons. The van der Waals surface area contributed by atoms with Gasteiger partial charge in [-0.05, 0) is 27.5 Å². The lowest BCUT2D eigenvalue weighted by molar-refractivity contribution is 0.648. The van der Waals surface area contributed by atoms with Gasteiger partial charge in [-0.15, -0.1) is 11.7 Å². The van der Waals surface area contributed by atoms with Crippen molar-refractivity contribution in [3.05, 3.63) is 54.4 Å². The maximum absolute atomic E-state index is 3.82. The topological polar surface area (TPSA) is 43.6 Å². The van der Waals surface area contributed by atoms with Crippen molar-refractivity contribution >= 4 is 0 Å². The third-order valence-corrected chi connectivity index (χ3v) is 2.60. The SMILES string of the molecule is C=CC(C)c1ccc(Cn2cnnn2)cc1. The molecule has 16 heavy (non-hydrogen) atoms. The molecule has 0 radical (unpaired) electrons. The average molecular weight is 214 g/mol. The average Bonchev–Trinajstić information content (AvgIpc) is 2.82. The number of benzene rings is 1. The molecule has 0 amide bonds. The summed E-state index contributed by atoms with van der Waals surface area (Å²) < 4.78 is 1.70. The Bertz CT molecular complexity index is 444. The number of nitrogens with zero attached hydrogens (tertiary/aromatic N) is 4. The van der Waals surface area contributed by atoms with Crippen LogP contribution in [0.1, 0.15) is 24.0 Å². The first-order valence-corrected chi connectivity index (χ1v) is 5.22. The molecule has 4 nitrogen and oxygen atoms in total. The number of rotatable bonds is 4. The molecule has 2 rings (SSSR count). The van der Waals surface area contributed by atoms with Gasteiger partial charge in [0.25, 0.3) is 0 Å². The van der Waals surface area contributed by atoms with Gasteiger partial charge in [0.2, 0.25) is 0 Å². The molecule has 0 fully saturated rings. The lowest BCUT2D eigenvalue weighted by atomic mass is 10.0. The number of hydrogen-bond acceptors (Lipinski definition) is 3. The van der Waals surface area contributed by atoms with E-state index >= 15 is 0 Å². The highest BCUT2D eigenvalue weighted by molar-refractivity contribution is 5.27. The van der Waals surface area contributed by atoms with Gasteiger partial charge >= 0.3 is 0 Å². The first-order chi connectivity index (χ1) is 7.79. The zero-order valence-electron chi connectivity index (χ0n) is 9.24. The van der Waals surface area contributed by atoms with Gasteiger partial charge < -0.3 is 0 Å². The second kappa shape index (κ2) is 4.70. The monoisotopic (exact) mass is 214 g/mol. The molecule has 1 aromatic heterocycles. The normalized spacial score (nSPS) is 12.3. The highest BCUT2D eigenvalue weighted by Gasteiger charge is 2.01. The maximum Gasteiger partial charge on any atom is 0.138 e. The van der Waals surface area contributed by atoms with Crippen LogP contribution in [0.2, 0.25) is 0 Å². The molecule has 0 saturated heterocycles. The summed E-state index contributed by atoms with van der Waals surface area (Å²) in [5.41, 5.74) is 2.46. The highest BCUT2D eigenvalue weighted by atomic mass is 15.5. The van der Waals surface area contributed by atoms with Gasteiger partial charge in [0.15, 0.2) is 0 Å². The quantitative estimate of drug-likeness (QED) is 0.731. The molecule has 0 aliphatic heterocycles. The van der Waals surface area contributed by atoms with Crippen LogP contribution < -0.4 is 0 Å². The van der Waals surface area contributed by atoms with Crippen LogP contribution in [0.4, 0.5) is 0 Å². The third kappa shape index (κ3) is 2.34. The van der Waals surface area contributed by atoms with E-state index in [2.05, 4.69) is 53.3 Å². The Kier molecular flexibility index (Phi) is 3.10. The summed E-state index contributed by atoms with van der Waals surface area (Å²) in [4.78, 5) is 0. The minimum atomic E-state index is 0.391. The summed E-state index contributed by atoms with van der Waals surface area (Å²) in [6, 6.07) is 8.42. The minimum absolute atomic E-state index is 0.391. The standard InChI is InChI=1S/C12H14N4/c1-3-10(2)12-6-4-11(5-7-12)8-16-9-13-14-15-16/h3-7,9-10H,1,8H2,2H3. The molecule has 4 heteroatoms. The van der Waals surface area contributed by atoms with Crippen LogP contribution in [-0.2, 0) is 6.54 Å². The molecule has 1 unspecified atom stereocenters. The van der Waals surface area contributed by atoms with Crippen molar-refractivity contribution in [1.29, 1.82) is 0 Å². The first kappa shape index (κ1) is 10.5. The minimum Gasteiger partial charge on any atom is -0.228 e. The summed E-state index contributed by atoms with van der Waals surface area (Å²) in [5, 5.41) is 11.0. The number of tetrazole rings is 1. The van der Waals surface area contributed by atoms with E-state index in [9.17, 15) is 0 Å². The molecule has 1 aromatic carbocycles. The van der Waals surface area contributed by atoms with Crippen molar-refractivity contribution in [1.82, 2.24) is 20.2 Å². The Morgan fingerprint density at radius 3 is 2.69 bits per heavy atom. The summed E-state index contributed by atoms with van der Waals surface area (Å²) in [6.07, 6.45) is 3.55. The fourth-order valence-electron chi connectivity index (χ4n) is 1.50. The van der Waals surface area contributed by atoms with Crippen molar-refractivity contribution in [2.24, 2.45) is 0 Å². The van der Waals surface area contributed by atoms with Crippen molar-refractivity contribution in [3.8, 4) is 0 Å². The summed E-state index contributed by atoms with van der Waals surface area (Å²) in [6.45, 7) is 6.62. The van der Waals surface area contributed by atoms with Gasteiger partial charge in [-0.3, -0.25) is 0 Å². The van der Waals surface area contributed by atoms with Crippen LogP contribution in [0.25, 0.3) is 0 Å². The lowest BCUT2D eigenvalue weighted by Crippen LogP contribution is -2.00. The van der Waals surface area contributed by atoms with E-state index < -0.39 is 0 Å². The van der Waals surface area contributed by atoms with E-state index in [1.807, 2.05) is 6.08 Å². The summed E-state index contributed by atoms with van der Waals surface area (Å²) in [7, 11) is 0. The van der Waals surface area contributed by atoms with E-state index in [1.54, 1.807) is 11.0 Å². The molecular weight excluding hydrogens is 200 g/mol. The Labute approximate surface area is 94.6 Å². The third-order valence-electron chi connectivity index (χ3n) is 2.60. The molecule has 1 atom stereocenters. The van der Waals surface area contributed by atoms with Crippen molar-refractivity contribution < 1.29 is 0 Å². The summed E-state index contributed by atoms with van der Waals surface area (Å²) >= 11 is 0. The van der Waals surface area contributed by atoms with Crippen molar-refractivity contribution in [2.75, 3.05) is 0 Å². The molecular formula is C12H14N4. The van der Waals surface area contributed by atoms with Crippen LogP contribution in [0.15, 0.2) is 43.2 Å². The van der Waals surface area contributed by atoms with Crippen LogP contribution in [0.3, 0.4) is 0 Å². The van der Waals surface area contributed by atoms with Gasteiger partial charge in [-0.1, -0.05) is 37.3 Å². The zero-order chi connectivity index (χ0) is 11.4. The largest absolute Gasteiger partial charge is 0.228 e. The first-order valence-electron chi connectivity index (χ1n) is 5.22. The molecule has 0 N–H and O–H groups in total. The second-order valence-corrected chi connectivity index (χ2v) is 3.77. The van der Waals surface area contributed by atoms with Gasteiger partial charge in [-0.2, -0.15) is 0 Å². The Balaban J connectivity index is 2.10. The molecule has 1 heterocycles. The van der Waals surface area contributed by atoms with Gasteiger partial charge in [0.1, 0.15) is 6.33 Å². The smallest absolute Gasteiger partial charge is 0.138 e. The van der Waals surface area contributed by atoms with Gasteiger partial charge in [0.05, 0.1) is 6.54 Å². The van der Waals surface area contributed by atoms with Crippen LogP contribution in [0.5, 0.6) is 0 Å². The predicted octanol–water partition coefficient (Wildman–Crippen LogP) is 2.01. The number of hydrogen-bond donors (Lipinski definition) is 0. The van der Waals surface area contributed by atoms with E-state index in [0.717, 1.165) is 0 Å². The fourth-order valence-corrected chi connectivity index (χ4v) is 1.50. The second-order valence-electron chi connectivity index (χ2n) is 3.77. The number of aromatic nitrogens is 4. The summed E-state index contributed by atoms with van der Waals surface area (Å²) in [5.74, 6) is 0.391. The molecule has 0 spiro atoms. The number of allylic oxidation sites excluding steroid dienone is 1. The van der Waals surface area contributed by atoms with Crippen molar-refractivity contribution in [2.45, 2.75) is 19.4 Å². The fraction of sp³-hybridized carbons (Fsp3) is 0.250. The maximum atomic E-state index is 3.82. The van der Waals surface area contributed by atoms with Crippen molar-refractivity contribution in [3.63, 3.8) is 0 Å². The predicted molar refractivity (Wildman–Crippen MR) is 62.0 cm³/mol. The molecule has 0 bridgehead atoms. The molecule has 0 saturated carbocycles.